The first kappa shape index (κ1) is 13.3. The Morgan fingerprint density at radius 2 is 2.39 bits per heavy atom. The van der Waals surface area contributed by atoms with Crippen molar-refractivity contribution in [1.82, 2.24) is 0 Å². The third-order valence-corrected chi connectivity index (χ3v) is 3.97. The molecule has 0 spiro atoms. The van der Waals surface area contributed by atoms with Gasteiger partial charge in [0.05, 0.1) is 0 Å². The van der Waals surface area contributed by atoms with Crippen LogP contribution in [0.4, 0.5) is 5.88 Å². The Morgan fingerprint density at radius 1 is 1.61 bits per heavy atom. The van der Waals surface area contributed by atoms with Crippen molar-refractivity contribution in [2.24, 2.45) is 0 Å². The van der Waals surface area contributed by atoms with Gasteiger partial charge in [-0.3, -0.25) is 9.69 Å². The third kappa shape index (κ3) is 2.21. The quantitative estimate of drug-likeness (QED) is 0.618. The molecule has 1 amide bonds. The van der Waals surface area contributed by atoms with Gasteiger partial charge in [-0.25, -0.2) is 0 Å². The lowest BCUT2D eigenvalue weighted by atomic mass is 10.0. The van der Waals surface area contributed by atoms with Gasteiger partial charge in [-0.15, -0.1) is 6.58 Å². The summed E-state index contributed by atoms with van der Waals surface area (Å²) in [6.07, 6.45) is 7.01. The molecule has 0 saturated carbocycles. The first-order valence-corrected chi connectivity index (χ1v) is 7.55. The number of amides is 1. The lowest BCUT2D eigenvalue weighted by Gasteiger charge is -2.25. The number of thioether (sulfide) groups is 1. The normalized spacial score (nSPS) is 14.4. The van der Waals surface area contributed by atoms with Gasteiger partial charge in [0.15, 0.2) is 5.09 Å². The van der Waals surface area contributed by atoms with Gasteiger partial charge in [-0.05, 0) is 25.5 Å². The Balaban J connectivity index is 2.40. The van der Waals surface area contributed by atoms with Gasteiger partial charge in [0.2, 0.25) is 11.8 Å². The molecular weight excluding hydrogens is 246 g/mol. The average molecular weight is 265 g/mol. The van der Waals surface area contributed by atoms with Crippen molar-refractivity contribution in [2.75, 3.05) is 17.7 Å². The Morgan fingerprint density at radius 3 is 3.00 bits per heavy atom. The Hall–Kier alpha value is -1.16. The molecule has 0 bridgehead atoms. The second-order valence-electron chi connectivity index (χ2n) is 4.35. The van der Waals surface area contributed by atoms with E-state index in [2.05, 4.69) is 13.5 Å². The molecule has 3 nitrogen and oxygen atoms in total. The molecule has 1 aliphatic rings. The van der Waals surface area contributed by atoms with E-state index in [1.54, 1.807) is 22.7 Å². The summed E-state index contributed by atoms with van der Waals surface area (Å²) in [5, 5.41) is 0.959. The fourth-order valence-electron chi connectivity index (χ4n) is 2.45. The van der Waals surface area contributed by atoms with Crippen molar-refractivity contribution in [3.8, 4) is 0 Å². The molecule has 0 N–H and O–H groups in total. The lowest BCUT2D eigenvalue weighted by molar-refractivity contribution is -0.118. The van der Waals surface area contributed by atoms with Gasteiger partial charge in [-0.1, -0.05) is 24.8 Å². The van der Waals surface area contributed by atoms with Crippen LogP contribution in [0.2, 0.25) is 0 Å². The smallest absolute Gasteiger partial charge is 0.233 e. The Kier molecular flexibility index (Phi) is 4.17. The van der Waals surface area contributed by atoms with Gasteiger partial charge < -0.3 is 4.42 Å². The molecule has 98 valence electrons. The van der Waals surface area contributed by atoms with Crippen molar-refractivity contribution >= 4 is 23.6 Å². The van der Waals surface area contributed by atoms with Crippen LogP contribution in [0.25, 0.3) is 0 Å². The Bertz CT molecular complexity index is 465. The zero-order valence-corrected chi connectivity index (χ0v) is 11.8. The predicted molar refractivity (Wildman–Crippen MR) is 75.4 cm³/mol. The van der Waals surface area contributed by atoms with Crippen molar-refractivity contribution < 1.29 is 9.21 Å². The van der Waals surface area contributed by atoms with E-state index < -0.39 is 0 Å². The molecule has 0 radical (unpaired) electrons. The number of fused-ring (bicyclic) bond motifs is 1. The number of hydrogen-bond donors (Lipinski definition) is 0. The minimum absolute atomic E-state index is 0.0787. The molecule has 1 aromatic heterocycles. The van der Waals surface area contributed by atoms with Gasteiger partial charge in [0.25, 0.3) is 0 Å². The summed E-state index contributed by atoms with van der Waals surface area (Å²) in [7, 11) is 0. The van der Waals surface area contributed by atoms with E-state index in [4.69, 9.17) is 4.42 Å². The molecule has 0 fully saturated rings. The SMILES string of the molecule is C=CCC(=O)N1CCCc2c1oc(SC)c2CC. The van der Waals surface area contributed by atoms with E-state index in [1.165, 1.54) is 11.1 Å². The molecule has 18 heavy (non-hydrogen) atoms. The topological polar surface area (TPSA) is 33.5 Å². The van der Waals surface area contributed by atoms with Crippen molar-refractivity contribution in [3.05, 3.63) is 23.8 Å². The van der Waals surface area contributed by atoms with Crippen LogP contribution >= 0.6 is 11.8 Å². The van der Waals surface area contributed by atoms with Crippen molar-refractivity contribution in [3.63, 3.8) is 0 Å². The van der Waals surface area contributed by atoms with Crippen LogP contribution in [0.1, 0.15) is 30.9 Å². The third-order valence-electron chi connectivity index (χ3n) is 3.27. The fraction of sp³-hybridized carbons (Fsp3) is 0.500. The highest BCUT2D eigenvalue weighted by Crippen LogP contribution is 2.39. The van der Waals surface area contributed by atoms with E-state index in [0.717, 1.165) is 36.8 Å². The summed E-state index contributed by atoms with van der Waals surface area (Å²) in [6, 6.07) is 0. The fourth-order valence-corrected chi connectivity index (χ4v) is 3.13. The van der Waals surface area contributed by atoms with Gasteiger partial charge in [0, 0.05) is 24.1 Å². The molecule has 0 saturated heterocycles. The van der Waals surface area contributed by atoms with Crippen LogP contribution < -0.4 is 4.90 Å². The molecule has 4 heteroatoms. The largest absolute Gasteiger partial charge is 0.433 e. The van der Waals surface area contributed by atoms with Crippen LogP contribution in [0.3, 0.4) is 0 Å². The van der Waals surface area contributed by atoms with E-state index >= 15 is 0 Å². The highest BCUT2D eigenvalue weighted by Gasteiger charge is 2.29. The Labute approximate surface area is 112 Å². The minimum Gasteiger partial charge on any atom is -0.433 e. The number of carbonyl (C=O) groups is 1. The van der Waals surface area contributed by atoms with E-state index in [9.17, 15) is 4.79 Å². The number of nitrogens with zero attached hydrogens (tertiary/aromatic N) is 1. The second kappa shape index (κ2) is 5.65. The summed E-state index contributed by atoms with van der Waals surface area (Å²) >= 11 is 1.62. The van der Waals surface area contributed by atoms with E-state index in [-0.39, 0.29) is 5.91 Å². The van der Waals surface area contributed by atoms with Crippen LogP contribution in [0.5, 0.6) is 0 Å². The number of hydrogen-bond acceptors (Lipinski definition) is 3. The lowest BCUT2D eigenvalue weighted by Crippen LogP contribution is -2.34. The average Bonchev–Trinajstić information content (AvgIpc) is 2.76. The predicted octanol–water partition coefficient (Wildman–Crippen LogP) is 3.42. The minimum atomic E-state index is 0.0787. The standard InChI is InChI=1S/C14H19NO2S/c1-4-7-12(16)15-9-6-8-11-10(5-2)14(18-3)17-13(11)15/h4H,1,5-9H2,2-3H3. The van der Waals surface area contributed by atoms with E-state index in [1.807, 2.05) is 6.26 Å². The molecule has 0 atom stereocenters. The maximum Gasteiger partial charge on any atom is 0.233 e. The first-order chi connectivity index (χ1) is 8.72. The zero-order chi connectivity index (χ0) is 13.1. The summed E-state index contributed by atoms with van der Waals surface area (Å²) in [4.78, 5) is 13.8. The summed E-state index contributed by atoms with van der Waals surface area (Å²) in [5.41, 5.74) is 2.50. The number of rotatable bonds is 4. The molecule has 0 unspecified atom stereocenters. The van der Waals surface area contributed by atoms with Crippen LogP contribution in [-0.4, -0.2) is 18.7 Å². The molecule has 0 aromatic carbocycles. The summed E-state index contributed by atoms with van der Waals surface area (Å²) in [5.74, 6) is 0.851. The second-order valence-corrected chi connectivity index (χ2v) is 5.13. The van der Waals surface area contributed by atoms with Gasteiger partial charge >= 0.3 is 0 Å². The van der Waals surface area contributed by atoms with Gasteiger partial charge in [-0.2, -0.15) is 0 Å². The van der Waals surface area contributed by atoms with Crippen LogP contribution in [0.15, 0.2) is 22.2 Å². The molecular formula is C14H19NO2S. The summed E-state index contributed by atoms with van der Waals surface area (Å²) < 4.78 is 5.89. The van der Waals surface area contributed by atoms with Crippen molar-refractivity contribution in [1.29, 1.82) is 0 Å². The zero-order valence-electron chi connectivity index (χ0n) is 11.0. The number of carbonyl (C=O) groups excluding carboxylic acids is 1. The molecule has 2 heterocycles. The van der Waals surface area contributed by atoms with E-state index in [0.29, 0.717) is 6.42 Å². The monoisotopic (exact) mass is 265 g/mol. The molecule has 1 aliphatic heterocycles. The summed E-state index contributed by atoms with van der Waals surface area (Å²) in [6.45, 7) is 6.51. The molecule has 1 aromatic rings. The number of anilines is 1. The highest BCUT2D eigenvalue weighted by molar-refractivity contribution is 7.98. The number of furan rings is 1. The van der Waals surface area contributed by atoms with Crippen LogP contribution in [-0.2, 0) is 17.6 Å². The highest BCUT2D eigenvalue weighted by atomic mass is 32.2. The van der Waals surface area contributed by atoms with Crippen molar-refractivity contribution in [2.45, 2.75) is 37.7 Å². The maximum absolute atomic E-state index is 12.0. The molecule has 0 aliphatic carbocycles. The molecule has 2 rings (SSSR count). The first-order valence-electron chi connectivity index (χ1n) is 6.32. The van der Waals surface area contributed by atoms with Gasteiger partial charge in [0.1, 0.15) is 0 Å². The maximum atomic E-state index is 12.0. The van der Waals surface area contributed by atoms with Crippen LogP contribution in [0, 0.1) is 0 Å².